The summed E-state index contributed by atoms with van der Waals surface area (Å²) in [7, 11) is 0. The van der Waals surface area contributed by atoms with Gasteiger partial charge >= 0.3 is 0 Å². The van der Waals surface area contributed by atoms with Gasteiger partial charge in [-0.2, -0.15) is 0 Å². The smallest absolute Gasteiger partial charge is 0.0614 e. The van der Waals surface area contributed by atoms with E-state index >= 15 is 0 Å². The molecule has 0 saturated heterocycles. The van der Waals surface area contributed by atoms with Gasteiger partial charge in [-0.1, -0.05) is 36.4 Å². The molecule has 0 heterocycles. The molecular weight excluding hydrogens is 148 g/mol. The quantitative estimate of drug-likeness (QED) is 0.673. The Labute approximate surface area is 73.4 Å². The third kappa shape index (κ3) is 2.89. The van der Waals surface area contributed by atoms with Crippen molar-refractivity contribution in [2.75, 3.05) is 0 Å². The van der Waals surface area contributed by atoms with E-state index in [9.17, 15) is 5.11 Å². The molecular formula is C11H14O. The molecule has 0 unspecified atom stereocenters. The molecule has 0 aliphatic rings. The average molecular weight is 162 g/mol. The van der Waals surface area contributed by atoms with Gasteiger partial charge < -0.3 is 5.11 Å². The Morgan fingerprint density at radius 2 is 2.00 bits per heavy atom. The van der Waals surface area contributed by atoms with Crippen molar-refractivity contribution in [1.29, 1.82) is 0 Å². The van der Waals surface area contributed by atoms with Crippen LogP contribution in [0.5, 0.6) is 0 Å². The Balaban J connectivity index is 2.46. The van der Waals surface area contributed by atoms with Gasteiger partial charge in [-0.05, 0) is 18.4 Å². The van der Waals surface area contributed by atoms with Crippen LogP contribution in [0.15, 0.2) is 43.0 Å². The molecule has 1 N–H and O–H groups in total. The first kappa shape index (κ1) is 9.01. The lowest BCUT2D eigenvalue weighted by atomic mass is 10.1. The largest absolute Gasteiger partial charge is 0.392 e. The van der Waals surface area contributed by atoms with Gasteiger partial charge in [0.05, 0.1) is 6.10 Å². The van der Waals surface area contributed by atoms with Crippen LogP contribution in [0.2, 0.25) is 0 Å². The van der Waals surface area contributed by atoms with E-state index in [1.165, 1.54) is 5.56 Å². The second-order valence-electron chi connectivity index (χ2n) is 2.87. The summed E-state index contributed by atoms with van der Waals surface area (Å²) in [6.45, 7) is 3.58. The molecule has 64 valence electrons. The summed E-state index contributed by atoms with van der Waals surface area (Å²) in [4.78, 5) is 0. The van der Waals surface area contributed by atoms with Crippen LogP contribution in [0.3, 0.4) is 0 Å². The highest BCUT2D eigenvalue weighted by Gasteiger charge is 2.01. The molecule has 1 rings (SSSR count). The Morgan fingerprint density at radius 3 is 2.58 bits per heavy atom. The van der Waals surface area contributed by atoms with Crippen LogP contribution in [-0.2, 0) is 6.42 Å². The van der Waals surface area contributed by atoms with Gasteiger partial charge in [0.25, 0.3) is 0 Å². The third-order valence-electron chi connectivity index (χ3n) is 1.75. The monoisotopic (exact) mass is 162 g/mol. The maximum Gasteiger partial charge on any atom is 0.0614 e. The summed E-state index contributed by atoms with van der Waals surface area (Å²) in [5, 5.41) is 9.43. The molecule has 0 radical (unpaired) electrons. The van der Waals surface area contributed by atoms with Gasteiger partial charge in [-0.25, -0.2) is 0 Å². The summed E-state index contributed by atoms with van der Waals surface area (Å²) in [5.41, 5.74) is 1.17. The van der Waals surface area contributed by atoms with Gasteiger partial charge in [-0.3, -0.25) is 0 Å². The molecule has 0 aromatic heterocycles. The van der Waals surface area contributed by atoms with Crippen molar-refractivity contribution in [1.82, 2.24) is 0 Å². The molecule has 0 spiro atoms. The third-order valence-corrected chi connectivity index (χ3v) is 1.75. The number of benzene rings is 1. The Bertz CT molecular complexity index is 228. The molecule has 1 nitrogen and oxygen atoms in total. The van der Waals surface area contributed by atoms with E-state index in [1.54, 1.807) is 6.08 Å². The van der Waals surface area contributed by atoms with Crippen molar-refractivity contribution in [2.45, 2.75) is 18.9 Å². The summed E-state index contributed by atoms with van der Waals surface area (Å²) >= 11 is 0. The van der Waals surface area contributed by atoms with Crippen molar-refractivity contribution < 1.29 is 5.11 Å². The molecule has 0 fully saturated rings. The minimum absolute atomic E-state index is 0.287. The Morgan fingerprint density at radius 1 is 1.33 bits per heavy atom. The van der Waals surface area contributed by atoms with E-state index < -0.39 is 0 Å². The summed E-state index contributed by atoms with van der Waals surface area (Å²) < 4.78 is 0. The zero-order chi connectivity index (χ0) is 8.81. The van der Waals surface area contributed by atoms with E-state index in [1.807, 2.05) is 30.3 Å². The van der Waals surface area contributed by atoms with E-state index in [2.05, 4.69) is 6.58 Å². The molecule has 1 heteroatoms. The van der Waals surface area contributed by atoms with E-state index in [0.29, 0.717) is 12.8 Å². The molecule has 0 bridgehead atoms. The highest BCUT2D eigenvalue weighted by molar-refractivity contribution is 5.15. The Hall–Kier alpha value is -1.08. The van der Waals surface area contributed by atoms with Crippen LogP contribution in [0.4, 0.5) is 0 Å². The maximum absolute atomic E-state index is 9.43. The summed E-state index contributed by atoms with van der Waals surface area (Å²) in [6.07, 6.45) is 2.83. The van der Waals surface area contributed by atoms with Gasteiger partial charge in [0, 0.05) is 0 Å². The van der Waals surface area contributed by atoms with Crippen LogP contribution in [0, 0.1) is 0 Å². The first-order valence-electron chi connectivity index (χ1n) is 4.16. The minimum Gasteiger partial charge on any atom is -0.392 e. The fourth-order valence-electron chi connectivity index (χ4n) is 1.16. The summed E-state index contributed by atoms with van der Waals surface area (Å²) in [6, 6.07) is 9.98. The second kappa shape index (κ2) is 4.73. The molecule has 1 aromatic rings. The van der Waals surface area contributed by atoms with E-state index in [4.69, 9.17) is 0 Å². The van der Waals surface area contributed by atoms with Gasteiger partial charge in [0.15, 0.2) is 0 Å². The lowest BCUT2D eigenvalue weighted by molar-refractivity contribution is 0.178. The summed E-state index contributed by atoms with van der Waals surface area (Å²) in [5.74, 6) is 0. The predicted molar refractivity (Wildman–Crippen MR) is 51.0 cm³/mol. The van der Waals surface area contributed by atoms with Crippen LogP contribution in [0.25, 0.3) is 0 Å². The molecule has 0 saturated carbocycles. The van der Waals surface area contributed by atoms with Gasteiger partial charge in [0.1, 0.15) is 0 Å². The van der Waals surface area contributed by atoms with Crippen molar-refractivity contribution in [2.24, 2.45) is 0 Å². The van der Waals surface area contributed by atoms with Gasteiger partial charge in [-0.15, -0.1) is 6.58 Å². The van der Waals surface area contributed by atoms with Crippen molar-refractivity contribution in [3.63, 3.8) is 0 Å². The minimum atomic E-state index is -0.287. The first-order valence-corrected chi connectivity index (χ1v) is 4.16. The molecule has 1 atom stereocenters. The number of aliphatic hydroxyl groups is 1. The van der Waals surface area contributed by atoms with Crippen LogP contribution in [0.1, 0.15) is 12.0 Å². The van der Waals surface area contributed by atoms with Crippen LogP contribution >= 0.6 is 0 Å². The highest BCUT2D eigenvalue weighted by Crippen LogP contribution is 2.05. The zero-order valence-corrected chi connectivity index (χ0v) is 7.11. The van der Waals surface area contributed by atoms with E-state index in [0.717, 1.165) is 0 Å². The van der Waals surface area contributed by atoms with E-state index in [-0.39, 0.29) is 6.10 Å². The Kier molecular flexibility index (Phi) is 3.55. The topological polar surface area (TPSA) is 20.2 Å². The zero-order valence-electron chi connectivity index (χ0n) is 7.11. The van der Waals surface area contributed by atoms with Crippen molar-refractivity contribution in [3.8, 4) is 0 Å². The van der Waals surface area contributed by atoms with Crippen LogP contribution < -0.4 is 0 Å². The molecule has 0 amide bonds. The standard InChI is InChI=1S/C11H14O/c1-2-6-11(12)9-10-7-4-3-5-8-10/h2-5,7-8,11-12H,1,6,9H2/t11-/m1/s1. The molecule has 0 aliphatic heterocycles. The number of hydrogen-bond donors (Lipinski definition) is 1. The maximum atomic E-state index is 9.43. The predicted octanol–water partition coefficient (Wildman–Crippen LogP) is 2.17. The van der Waals surface area contributed by atoms with Crippen molar-refractivity contribution >= 4 is 0 Å². The van der Waals surface area contributed by atoms with Gasteiger partial charge in [0.2, 0.25) is 0 Å². The lowest BCUT2D eigenvalue weighted by Gasteiger charge is -2.06. The number of aliphatic hydroxyl groups excluding tert-OH is 1. The molecule has 0 aliphatic carbocycles. The molecule has 12 heavy (non-hydrogen) atoms. The fraction of sp³-hybridized carbons (Fsp3) is 0.273. The molecule has 1 aromatic carbocycles. The average Bonchev–Trinajstić information content (AvgIpc) is 2.06. The number of rotatable bonds is 4. The fourth-order valence-corrected chi connectivity index (χ4v) is 1.16. The van der Waals surface area contributed by atoms with Crippen LogP contribution in [-0.4, -0.2) is 11.2 Å². The van der Waals surface area contributed by atoms with Crippen molar-refractivity contribution in [3.05, 3.63) is 48.6 Å². The number of hydrogen-bond acceptors (Lipinski definition) is 1. The second-order valence-corrected chi connectivity index (χ2v) is 2.87. The first-order chi connectivity index (χ1) is 5.83. The highest BCUT2D eigenvalue weighted by atomic mass is 16.3. The normalized spacial score (nSPS) is 12.4. The lowest BCUT2D eigenvalue weighted by Crippen LogP contribution is -2.08. The SMILES string of the molecule is C=CC[C@@H](O)Cc1ccccc1.